The van der Waals surface area contributed by atoms with Crippen LogP contribution >= 0.6 is 0 Å². The summed E-state index contributed by atoms with van der Waals surface area (Å²) in [5.41, 5.74) is 0.141. The van der Waals surface area contributed by atoms with E-state index in [0.29, 0.717) is 6.07 Å². The van der Waals surface area contributed by atoms with E-state index in [1.165, 1.54) is 4.90 Å². The number of benzene rings is 1. The lowest BCUT2D eigenvalue weighted by atomic mass is 10.2. The molecule has 1 aliphatic rings. The maximum Gasteiger partial charge on any atom is 0.333 e. The van der Waals surface area contributed by atoms with Crippen LogP contribution in [0.5, 0.6) is 0 Å². The third-order valence-electron chi connectivity index (χ3n) is 2.08. The number of carbonyl (C=O) groups is 2. The standard InChI is InChI=1S/C10H7F2NO3/c11-6-1-7(12)3-8(2-6)13-4-9(14)16-10(15)5-13/h1-3H,4-5H2. The second-order valence-electron chi connectivity index (χ2n) is 3.33. The molecular weight excluding hydrogens is 220 g/mol. The van der Waals surface area contributed by atoms with Gasteiger partial charge in [0.1, 0.15) is 24.7 Å². The topological polar surface area (TPSA) is 46.6 Å². The Labute approximate surface area is 89.4 Å². The van der Waals surface area contributed by atoms with Crippen molar-refractivity contribution in [3.8, 4) is 0 Å². The summed E-state index contributed by atoms with van der Waals surface area (Å²) in [5.74, 6) is -3.00. The van der Waals surface area contributed by atoms with Gasteiger partial charge in [-0.05, 0) is 12.1 Å². The van der Waals surface area contributed by atoms with Gasteiger partial charge in [0.05, 0.1) is 0 Å². The Morgan fingerprint density at radius 2 is 1.50 bits per heavy atom. The highest BCUT2D eigenvalue weighted by molar-refractivity contribution is 5.94. The average Bonchev–Trinajstić information content (AvgIpc) is 2.14. The van der Waals surface area contributed by atoms with Crippen LogP contribution in [0.25, 0.3) is 0 Å². The predicted molar refractivity (Wildman–Crippen MR) is 49.7 cm³/mol. The number of rotatable bonds is 1. The van der Waals surface area contributed by atoms with Crippen LogP contribution in [-0.4, -0.2) is 25.0 Å². The second-order valence-corrected chi connectivity index (χ2v) is 3.33. The van der Waals surface area contributed by atoms with Gasteiger partial charge in [0.25, 0.3) is 0 Å². The monoisotopic (exact) mass is 227 g/mol. The lowest BCUT2D eigenvalue weighted by Gasteiger charge is -2.26. The highest BCUT2D eigenvalue weighted by atomic mass is 19.1. The van der Waals surface area contributed by atoms with Crippen molar-refractivity contribution in [3.63, 3.8) is 0 Å². The number of carbonyl (C=O) groups excluding carboxylic acids is 2. The van der Waals surface area contributed by atoms with Crippen molar-refractivity contribution in [3.05, 3.63) is 29.8 Å². The lowest BCUT2D eigenvalue weighted by molar-refractivity contribution is -0.160. The van der Waals surface area contributed by atoms with Crippen LogP contribution in [0.15, 0.2) is 18.2 Å². The zero-order valence-corrected chi connectivity index (χ0v) is 8.07. The maximum absolute atomic E-state index is 12.9. The molecule has 0 amide bonds. The molecule has 0 aliphatic carbocycles. The number of anilines is 1. The molecule has 0 aromatic heterocycles. The molecule has 0 radical (unpaired) electrons. The van der Waals surface area contributed by atoms with Crippen LogP contribution in [0.2, 0.25) is 0 Å². The molecule has 84 valence electrons. The summed E-state index contributed by atoms with van der Waals surface area (Å²) in [4.78, 5) is 23.2. The molecule has 1 fully saturated rings. The highest BCUT2D eigenvalue weighted by Gasteiger charge is 2.25. The van der Waals surface area contributed by atoms with Crippen molar-refractivity contribution in [2.24, 2.45) is 0 Å². The summed E-state index contributed by atoms with van der Waals surface area (Å²) in [6.07, 6.45) is 0. The van der Waals surface area contributed by atoms with Gasteiger partial charge >= 0.3 is 11.9 Å². The van der Waals surface area contributed by atoms with Gasteiger partial charge in [-0.15, -0.1) is 0 Å². The zero-order chi connectivity index (χ0) is 11.7. The molecule has 0 N–H and O–H groups in total. The second kappa shape index (κ2) is 3.88. The molecule has 0 saturated carbocycles. The number of morpholine rings is 1. The van der Waals surface area contributed by atoms with Gasteiger partial charge in [-0.1, -0.05) is 0 Å². The number of hydrogen-bond acceptors (Lipinski definition) is 4. The molecule has 1 saturated heterocycles. The summed E-state index contributed by atoms with van der Waals surface area (Å²) < 4.78 is 30.1. The summed E-state index contributed by atoms with van der Waals surface area (Å²) in [5, 5.41) is 0. The molecule has 2 rings (SSSR count). The first-order valence-electron chi connectivity index (χ1n) is 4.49. The summed E-state index contributed by atoms with van der Waals surface area (Å²) >= 11 is 0. The molecular formula is C10H7F2NO3. The van der Waals surface area contributed by atoms with E-state index >= 15 is 0 Å². The Morgan fingerprint density at radius 1 is 1.00 bits per heavy atom. The number of nitrogens with zero attached hydrogens (tertiary/aromatic N) is 1. The van der Waals surface area contributed by atoms with E-state index in [1.807, 2.05) is 0 Å². The minimum absolute atomic E-state index is 0.141. The molecule has 0 atom stereocenters. The van der Waals surface area contributed by atoms with Crippen LogP contribution in [0, 0.1) is 11.6 Å². The highest BCUT2D eigenvalue weighted by Crippen LogP contribution is 2.19. The third-order valence-corrected chi connectivity index (χ3v) is 2.08. The van der Waals surface area contributed by atoms with Gasteiger partial charge in [-0.3, -0.25) is 0 Å². The third kappa shape index (κ3) is 2.16. The van der Waals surface area contributed by atoms with Crippen molar-refractivity contribution in [1.82, 2.24) is 0 Å². The van der Waals surface area contributed by atoms with Crippen LogP contribution < -0.4 is 4.90 Å². The predicted octanol–water partition coefficient (Wildman–Crippen LogP) is 0.855. The molecule has 1 heterocycles. The molecule has 0 bridgehead atoms. The smallest absolute Gasteiger partial charge is 0.333 e. The van der Waals surface area contributed by atoms with Gasteiger partial charge in [0.2, 0.25) is 0 Å². The number of esters is 2. The Morgan fingerprint density at radius 3 is 2.00 bits per heavy atom. The SMILES string of the molecule is O=C1CN(c2cc(F)cc(F)c2)CC(=O)O1. The molecule has 0 spiro atoms. The molecule has 0 unspecified atom stereocenters. The Balaban J connectivity index is 2.29. The first kappa shape index (κ1) is 10.5. The number of halogens is 2. The van der Waals surface area contributed by atoms with E-state index in [-0.39, 0.29) is 18.8 Å². The van der Waals surface area contributed by atoms with Crippen LogP contribution in [0.4, 0.5) is 14.5 Å². The average molecular weight is 227 g/mol. The van der Waals surface area contributed by atoms with E-state index in [4.69, 9.17) is 0 Å². The van der Waals surface area contributed by atoms with Gasteiger partial charge < -0.3 is 9.64 Å². The first-order chi connectivity index (χ1) is 7.54. The molecule has 1 aliphatic heterocycles. The fourth-order valence-corrected chi connectivity index (χ4v) is 1.46. The Hall–Kier alpha value is -1.98. The maximum atomic E-state index is 12.9. The van der Waals surface area contributed by atoms with Crippen molar-refractivity contribution in [2.45, 2.75) is 0 Å². The number of cyclic esters (lactones) is 2. The molecule has 1 aromatic rings. The van der Waals surface area contributed by atoms with Gasteiger partial charge in [-0.25, -0.2) is 18.4 Å². The van der Waals surface area contributed by atoms with Gasteiger partial charge in [-0.2, -0.15) is 0 Å². The van der Waals surface area contributed by atoms with E-state index in [2.05, 4.69) is 4.74 Å². The fraction of sp³-hybridized carbons (Fsp3) is 0.200. The molecule has 1 aromatic carbocycles. The first-order valence-corrected chi connectivity index (χ1v) is 4.49. The van der Waals surface area contributed by atoms with Crippen molar-refractivity contribution >= 4 is 17.6 Å². The minimum atomic E-state index is -0.763. The van der Waals surface area contributed by atoms with Crippen LogP contribution in [0.1, 0.15) is 0 Å². The van der Waals surface area contributed by atoms with Crippen LogP contribution in [-0.2, 0) is 14.3 Å². The summed E-state index contributed by atoms with van der Waals surface area (Å²) in [6, 6.07) is 2.82. The molecule has 4 nitrogen and oxygen atoms in total. The van der Waals surface area contributed by atoms with E-state index in [1.54, 1.807) is 0 Å². The molecule has 16 heavy (non-hydrogen) atoms. The van der Waals surface area contributed by atoms with E-state index < -0.39 is 23.6 Å². The fourth-order valence-electron chi connectivity index (χ4n) is 1.46. The van der Waals surface area contributed by atoms with E-state index in [0.717, 1.165) is 12.1 Å². The summed E-state index contributed by atoms with van der Waals surface area (Å²) in [6.45, 7) is -0.400. The van der Waals surface area contributed by atoms with Crippen LogP contribution in [0.3, 0.4) is 0 Å². The number of hydrogen-bond donors (Lipinski definition) is 0. The summed E-state index contributed by atoms with van der Waals surface area (Å²) in [7, 11) is 0. The zero-order valence-electron chi connectivity index (χ0n) is 8.07. The van der Waals surface area contributed by atoms with E-state index in [9.17, 15) is 18.4 Å². The quantitative estimate of drug-likeness (QED) is 0.527. The van der Waals surface area contributed by atoms with Crippen molar-refractivity contribution < 1.29 is 23.1 Å². The van der Waals surface area contributed by atoms with Crippen molar-refractivity contribution in [2.75, 3.05) is 18.0 Å². The normalized spacial score (nSPS) is 16.2. The van der Waals surface area contributed by atoms with Gasteiger partial charge in [0, 0.05) is 11.8 Å². The largest absolute Gasteiger partial charge is 0.390 e. The Kier molecular flexibility index (Phi) is 2.55. The van der Waals surface area contributed by atoms with Crippen molar-refractivity contribution in [1.29, 1.82) is 0 Å². The minimum Gasteiger partial charge on any atom is -0.390 e. The van der Waals surface area contributed by atoms with Gasteiger partial charge in [0.15, 0.2) is 0 Å². The lowest BCUT2D eigenvalue weighted by Crippen LogP contribution is -2.43. The Bertz CT molecular complexity index is 425. The number of ether oxygens (including phenoxy) is 1. The molecule has 6 heteroatoms.